The Morgan fingerprint density at radius 2 is 1.83 bits per heavy atom. The number of fused-ring (bicyclic) bond motifs is 1. The lowest BCUT2D eigenvalue weighted by atomic mass is 9.79. The highest BCUT2D eigenvalue weighted by atomic mass is 19.1. The average Bonchev–Trinajstić information content (AvgIpc) is 3.81. The van der Waals surface area contributed by atoms with Crippen LogP contribution >= 0.6 is 0 Å². The molecule has 3 aliphatic rings. The summed E-state index contributed by atoms with van der Waals surface area (Å²) in [6.07, 6.45) is 8.86. The second kappa shape index (κ2) is 12.3. The normalized spacial score (nSPS) is 19.8. The van der Waals surface area contributed by atoms with Gasteiger partial charge >= 0.3 is 6.09 Å². The predicted octanol–water partition coefficient (Wildman–Crippen LogP) is 7.87. The molecule has 3 fully saturated rings. The van der Waals surface area contributed by atoms with Crippen molar-refractivity contribution >= 4 is 34.4 Å². The van der Waals surface area contributed by atoms with Gasteiger partial charge in [-0.3, -0.25) is 4.79 Å². The zero-order valence-electron chi connectivity index (χ0n) is 27.8. The largest absolute Gasteiger partial charge is 0.444 e. The van der Waals surface area contributed by atoms with Crippen LogP contribution in [-0.2, 0) is 9.53 Å². The van der Waals surface area contributed by atoms with Crippen LogP contribution in [0.5, 0.6) is 11.6 Å². The summed E-state index contributed by atoms with van der Waals surface area (Å²) in [5.41, 5.74) is 1.82. The fourth-order valence-electron chi connectivity index (χ4n) is 6.95. The van der Waals surface area contributed by atoms with E-state index in [1.165, 1.54) is 6.07 Å². The van der Waals surface area contributed by atoms with Gasteiger partial charge in [0.05, 0.1) is 16.9 Å². The van der Waals surface area contributed by atoms with Crippen LogP contribution < -0.4 is 15.4 Å². The van der Waals surface area contributed by atoms with Crippen molar-refractivity contribution in [1.29, 1.82) is 0 Å². The van der Waals surface area contributed by atoms with E-state index in [9.17, 15) is 9.59 Å². The summed E-state index contributed by atoms with van der Waals surface area (Å²) in [7, 11) is 0. The van der Waals surface area contributed by atoms with Crippen molar-refractivity contribution in [2.24, 2.45) is 11.3 Å². The summed E-state index contributed by atoms with van der Waals surface area (Å²) in [4.78, 5) is 41.3. The fraction of sp³-hybridized carbons (Fsp3) is 0.432. The number of rotatable bonds is 7. The van der Waals surface area contributed by atoms with Crippen molar-refractivity contribution in [1.82, 2.24) is 19.9 Å². The molecule has 4 aromatic rings. The van der Waals surface area contributed by atoms with Crippen LogP contribution in [0, 0.1) is 24.1 Å². The number of hydrogen-bond acceptors (Lipinski definition) is 8. The molecule has 2 aromatic heterocycles. The van der Waals surface area contributed by atoms with Crippen molar-refractivity contribution in [3.63, 3.8) is 0 Å². The first-order valence-electron chi connectivity index (χ1n) is 16.7. The number of benzene rings is 2. The number of amides is 2. The van der Waals surface area contributed by atoms with Gasteiger partial charge in [0.15, 0.2) is 0 Å². The molecule has 1 saturated heterocycles. The molecule has 0 radical (unpaired) electrons. The van der Waals surface area contributed by atoms with Crippen LogP contribution in [0.4, 0.5) is 20.8 Å². The Bertz CT molecular complexity index is 1890. The number of ether oxygens (including phenoxy) is 2. The third kappa shape index (κ3) is 6.37. The first-order valence-corrected chi connectivity index (χ1v) is 16.7. The monoisotopic (exact) mass is 652 g/mol. The topological polar surface area (TPSA) is 119 Å². The van der Waals surface area contributed by atoms with Crippen molar-refractivity contribution in [3.05, 3.63) is 66.2 Å². The van der Waals surface area contributed by atoms with Gasteiger partial charge in [-0.15, -0.1) is 0 Å². The van der Waals surface area contributed by atoms with Gasteiger partial charge in [-0.2, -0.15) is 0 Å². The highest BCUT2D eigenvalue weighted by Crippen LogP contribution is 2.65. The van der Waals surface area contributed by atoms with Crippen molar-refractivity contribution < 1.29 is 23.5 Å². The molecule has 10 nitrogen and oxygen atoms in total. The Morgan fingerprint density at radius 3 is 2.58 bits per heavy atom. The van der Waals surface area contributed by atoms with E-state index < -0.39 is 11.4 Å². The van der Waals surface area contributed by atoms with Crippen LogP contribution in [0.3, 0.4) is 0 Å². The zero-order valence-corrected chi connectivity index (χ0v) is 27.8. The highest BCUT2D eigenvalue weighted by molar-refractivity contribution is 6.06. The Labute approximate surface area is 279 Å². The predicted molar refractivity (Wildman–Crippen MR) is 181 cm³/mol. The lowest BCUT2D eigenvalue weighted by molar-refractivity contribution is -0.118. The number of piperidine rings is 1. The van der Waals surface area contributed by atoms with Gasteiger partial charge < -0.3 is 25.0 Å². The summed E-state index contributed by atoms with van der Waals surface area (Å²) in [5.74, 6) is 0.617. The SMILES string of the molecule is Cc1ccc2c(NC(=O)[C@@H]3CC34CCC4)c(F)ccc2c1Oc1ncccc1-c1ccnc(NC2CCCN(C(=O)OC(C)(C)C)C2)n1. The molecule has 250 valence electrons. The molecule has 2 N–H and O–H groups in total. The van der Waals surface area contributed by atoms with Crippen molar-refractivity contribution in [3.8, 4) is 22.9 Å². The number of nitrogens with zero attached hydrogens (tertiary/aromatic N) is 4. The smallest absolute Gasteiger partial charge is 0.410 e. The summed E-state index contributed by atoms with van der Waals surface area (Å²) in [5, 5.41) is 7.52. The molecule has 2 aromatic carbocycles. The molecule has 3 heterocycles. The summed E-state index contributed by atoms with van der Waals surface area (Å²) in [6.45, 7) is 8.61. The molecule has 2 saturated carbocycles. The molecule has 7 rings (SSSR count). The number of pyridine rings is 1. The minimum absolute atomic E-state index is 0.0429. The number of hydrogen-bond donors (Lipinski definition) is 2. The van der Waals surface area contributed by atoms with Gasteiger partial charge in [0.25, 0.3) is 0 Å². The maximum absolute atomic E-state index is 15.2. The molecule has 0 bridgehead atoms. The van der Waals surface area contributed by atoms with Gasteiger partial charge in [-0.05, 0) is 101 Å². The van der Waals surface area contributed by atoms with Crippen LogP contribution in [-0.4, -0.2) is 56.6 Å². The van der Waals surface area contributed by atoms with Gasteiger partial charge in [0.2, 0.25) is 17.7 Å². The van der Waals surface area contributed by atoms with Crippen molar-refractivity contribution in [2.45, 2.75) is 77.9 Å². The quantitative estimate of drug-likeness (QED) is 0.207. The molecule has 2 aliphatic carbocycles. The molecular formula is C37H41FN6O4. The third-order valence-electron chi connectivity index (χ3n) is 9.71. The van der Waals surface area contributed by atoms with E-state index in [-0.39, 0.29) is 35.1 Å². The molecule has 1 unspecified atom stereocenters. The number of nitrogens with one attached hydrogen (secondary N) is 2. The maximum Gasteiger partial charge on any atom is 0.410 e. The summed E-state index contributed by atoms with van der Waals surface area (Å²) < 4.78 is 27.3. The van der Waals surface area contributed by atoms with Crippen LogP contribution in [0.2, 0.25) is 0 Å². The Kier molecular flexibility index (Phi) is 8.17. The maximum atomic E-state index is 15.2. The summed E-state index contributed by atoms with van der Waals surface area (Å²) >= 11 is 0. The number of carbonyl (C=O) groups excluding carboxylic acids is 2. The van der Waals surface area contributed by atoms with E-state index in [0.717, 1.165) is 44.1 Å². The van der Waals surface area contributed by atoms with E-state index in [2.05, 4.69) is 20.6 Å². The minimum Gasteiger partial charge on any atom is -0.444 e. The number of anilines is 2. The average molecular weight is 653 g/mol. The van der Waals surface area contributed by atoms with E-state index in [0.29, 0.717) is 52.7 Å². The zero-order chi connectivity index (χ0) is 33.6. The number of halogens is 1. The number of likely N-dealkylation sites (tertiary alicyclic amines) is 1. The van der Waals surface area contributed by atoms with Gasteiger partial charge in [0.1, 0.15) is 17.2 Å². The Morgan fingerprint density at radius 1 is 1.02 bits per heavy atom. The lowest BCUT2D eigenvalue weighted by Gasteiger charge is -2.34. The summed E-state index contributed by atoms with van der Waals surface area (Å²) in [6, 6.07) is 12.1. The molecule has 2 amide bonds. The molecule has 11 heteroatoms. The van der Waals surface area contributed by atoms with Crippen molar-refractivity contribution in [2.75, 3.05) is 23.7 Å². The van der Waals surface area contributed by atoms with Crippen LogP contribution in [0.25, 0.3) is 22.0 Å². The number of aromatic nitrogens is 3. The van der Waals surface area contributed by atoms with E-state index in [1.54, 1.807) is 29.4 Å². The van der Waals surface area contributed by atoms with Gasteiger partial charge in [-0.1, -0.05) is 18.6 Å². The van der Waals surface area contributed by atoms with E-state index in [1.807, 2.05) is 52.0 Å². The molecule has 1 aliphatic heterocycles. The second-order valence-corrected chi connectivity index (χ2v) is 14.3. The molecule has 2 atom stereocenters. The molecule has 48 heavy (non-hydrogen) atoms. The number of aryl methyl sites for hydroxylation is 1. The van der Waals surface area contributed by atoms with E-state index in [4.69, 9.17) is 14.5 Å². The van der Waals surface area contributed by atoms with E-state index >= 15 is 4.39 Å². The van der Waals surface area contributed by atoms with Crippen LogP contribution in [0.1, 0.15) is 64.9 Å². The molecular weight excluding hydrogens is 611 g/mol. The minimum atomic E-state index is -0.563. The Hall–Kier alpha value is -4.80. The van der Waals surface area contributed by atoms with Gasteiger partial charge in [-0.25, -0.2) is 24.1 Å². The fourth-order valence-corrected chi connectivity index (χ4v) is 6.95. The van der Waals surface area contributed by atoms with Crippen LogP contribution in [0.15, 0.2) is 54.9 Å². The first-order chi connectivity index (χ1) is 23.0. The first kappa shape index (κ1) is 31.8. The Balaban J connectivity index is 1.12. The standard InChI is InChI=1S/C37H41FN6O4/c1-22-10-11-24-25(12-13-28(38)30(24)43-32(45)27-20-37(27)15-7-16-37)31(22)47-33-26(9-5-17-39-33)29-14-18-40-34(42-29)41-23-8-6-19-44(21-23)35(46)48-36(2,3)4/h5,9-14,17-18,23,27H,6-8,15-16,19-21H2,1-4H3,(H,43,45)(H,40,41,42)/t23?,27-/m0/s1. The lowest BCUT2D eigenvalue weighted by Crippen LogP contribution is -2.47. The molecule has 1 spiro atoms. The number of carbonyl (C=O) groups is 2. The third-order valence-corrected chi connectivity index (χ3v) is 9.71. The second-order valence-electron chi connectivity index (χ2n) is 14.3. The van der Waals surface area contributed by atoms with Gasteiger partial charge in [0, 0.05) is 48.2 Å². The highest BCUT2D eigenvalue weighted by Gasteiger charge is 2.61.